The van der Waals surface area contributed by atoms with Crippen LogP contribution in [0.4, 0.5) is 10.5 Å². The van der Waals surface area contributed by atoms with Crippen LogP contribution in [0.1, 0.15) is 5.69 Å². The molecule has 0 aliphatic heterocycles. The van der Waals surface area contributed by atoms with E-state index in [1.807, 2.05) is 6.07 Å². The number of carbonyl (C=O) groups excluding carboxylic acids is 1. The van der Waals surface area contributed by atoms with Gasteiger partial charge in [0.05, 0.1) is 11.9 Å². The minimum Gasteiger partial charge on any atom is -0.298 e. The molecule has 19 heavy (non-hydrogen) atoms. The zero-order valence-corrected chi connectivity index (χ0v) is 10.5. The fourth-order valence-electron chi connectivity index (χ4n) is 1.25. The van der Waals surface area contributed by atoms with Crippen LogP contribution in [0.2, 0.25) is 5.02 Å². The van der Waals surface area contributed by atoms with Crippen molar-refractivity contribution < 1.29 is 9.63 Å². The van der Waals surface area contributed by atoms with Crippen molar-refractivity contribution >= 4 is 29.6 Å². The SMILES string of the molecule is O=C(Nc1ccc(Cl)cc1)O/N=C/c1ccccn1. The van der Waals surface area contributed by atoms with Crippen molar-refractivity contribution in [2.45, 2.75) is 0 Å². The zero-order chi connectivity index (χ0) is 13.5. The van der Waals surface area contributed by atoms with Crippen LogP contribution in [0.15, 0.2) is 53.8 Å². The molecule has 0 atom stereocenters. The number of rotatable bonds is 3. The Labute approximate surface area is 114 Å². The Morgan fingerprint density at radius 1 is 1.26 bits per heavy atom. The van der Waals surface area contributed by atoms with Gasteiger partial charge in [0.25, 0.3) is 0 Å². The number of oxime groups is 1. The summed E-state index contributed by atoms with van der Waals surface area (Å²) in [6.07, 6.45) is 2.28. The molecule has 0 radical (unpaired) electrons. The second-order valence-electron chi connectivity index (χ2n) is 3.50. The molecule has 1 N–H and O–H groups in total. The van der Waals surface area contributed by atoms with Gasteiger partial charge in [-0.3, -0.25) is 15.1 Å². The van der Waals surface area contributed by atoms with Crippen LogP contribution in [-0.2, 0) is 4.84 Å². The summed E-state index contributed by atoms with van der Waals surface area (Å²) in [5, 5.41) is 6.62. The van der Waals surface area contributed by atoms with E-state index in [0.717, 1.165) is 0 Å². The highest BCUT2D eigenvalue weighted by molar-refractivity contribution is 6.30. The number of pyridine rings is 1. The topological polar surface area (TPSA) is 63.6 Å². The molecule has 1 heterocycles. The number of hydrogen-bond acceptors (Lipinski definition) is 4. The number of benzene rings is 1. The predicted octanol–water partition coefficient (Wildman–Crippen LogP) is 3.32. The van der Waals surface area contributed by atoms with Crippen molar-refractivity contribution in [3.63, 3.8) is 0 Å². The van der Waals surface area contributed by atoms with Crippen molar-refractivity contribution in [2.75, 3.05) is 5.32 Å². The first-order chi connectivity index (χ1) is 9.24. The third kappa shape index (κ3) is 4.40. The van der Waals surface area contributed by atoms with Crippen LogP contribution >= 0.6 is 11.6 Å². The van der Waals surface area contributed by atoms with Crippen LogP contribution in [-0.4, -0.2) is 17.3 Å². The molecule has 5 nitrogen and oxygen atoms in total. The molecule has 96 valence electrons. The average molecular weight is 276 g/mol. The number of anilines is 1. The van der Waals surface area contributed by atoms with Gasteiger partial charge in [-0.2, -0.15) is 0 Å². The van der Waals surface area contributed by atoms with E-state index in [-0.39, 0.29) is 0 Å². The van der Waals surface area contributed by atoms with Crippen molar-refractivity contribution in [1.29, 1.82) is 0 Å². The minimum atomic E-state index is -0.686. The summed E-state index contributed by atoms with van der Waals surface area (Å²) < 4.78 is 0. The molecule has 0 unspecified atom stereocenters. The molecule has 6 heteroatoms. The van der Waals surface area contributed by atoms with E-state index >= 15 is 0 Å². The zero-order valence-electron chi connectivity index (χ0n) is 9.79. The maximum atomic E-state index is 11.4. The summed E-state index contributed by atoms with van der Waals surface area (Å²) in [6.45, 7) is 0. The first-order valence-electron chi connectivity index (χ1n) is 5.42. The highest BCUT2D eigenvalue weighted by Crippen LogP contribution is 2.13. The Bertz CT molecular complexity index is 570. The third-order valence-corrected chi connectivity index (χ3v) is 2.35. The number of amides is 1. The molecule has 1 aromatic carbocycles. The molecule has 0 saturated carbocycles. The lowest BCUT2D eigenvalue weighted by Crippen LogP contribution is -2.10. The lowest BCUT2D eigenvalue weighted by Gasteiger charge is -2.01. The second-order valence-corrected chi connectivity index (χ2v) is 3.94. The lowest BCUT2D eigenvalue weighted by atomic mass is 10.3. The number of aromatic nitrogens is 1. The molecule has 2 aromatic rings. The van der Waals surface area contributed by atoms with Gasteiger partial charge in [-0.05, 0) is 36.4 Å². The van der Waals surface area contributed by atoms with Gasteiger partial charge in [-0.15, -0.1) is 0 Å². The summed E-state index contributed by atoms with van der Waals surface area (Å²) in [6, 6.07) is 12.0. The second kappa shape index (κ2) is 6.51. The average Bonchev–Trinajstić information content (AvgIpc) is 2.43. The molecule has 0 saturated heterocycles. The van der Waals surface area contributed by atoms with Gasteiger partial charge in [0.2, 0.25) is 0 Å². The quantitative estimate of drug-likeness (QED) is 0.531. The van der Waals surface area contributed by atoms with Gasteiger partial charge in [0.1, 0.15) is 0 Å². The van der Waals surface area contributed by atoms with Crippen LogP contribution in [0.5, 0.6) is 0 Å². The van der Waals surface area contributed by atoms with Crippen LogP contribution in [0.25, 0.3) is 0 Å². The van der Waals surface area contributed by atoms with E-state index in [4.69, 9.17) is 11.6 Å². The molecule has 0 fully saturated rings. The molecule has 0 spiro atoms. The van der Waals surface area contributed by atoms with Crippen LogP contribution in [0.3, 0.4) is 0 Å². The standard InChI is InChI=1S/C13H10ClN3O2/c14-10-4-6-11(7-5-10)17-13(18)19-16-9-12-3-1-2-8-15-12/h1-9H,(H,17,18)/b16-9+. The maximum absolute atomic E-state index is 11.4. The van der Waals surface area contributed by atoms with Gasteiger partial charge >= 0.3 is 6.09 Å². The van der Waals surface area contributed by atoms with Gasteiger partial charge in [-0.1, -0.05) is 22.8 Å². The van der Waals surface area contributed by atoms with Crippen LogP contribution < -0.4 is 5.32 Å². The number of nitrogens with zero attached hydrogens (tertiary/aromatic N) is 2. The van der Waals surface area contributed by atoms with Crippen molar-refractivity contribution in [3.05, 3.63) is 59.4 Å². The van der Waals surface area contributed by atoms with E-state index in [9.17, 15) is 4.79 Å². The predicted molar refractivity (Wildman–Crippen MR) is 73.4 cm³/mol. The molecule has 2 rings (SSSR count). The number of carbonyl (C=O) groups is 1. The van der Waals surface area contributed by atoms with Crippen LogP contribution in [0, 0.1) is 0 Å². The van der Waals surface area contributed by atoms with Crippen molar-refractivity contribution in [3.8, 4) is 0 Å². The number of hydrogen-bond donors (Lipinski definition) is 1. The summed E-state index contributed by atoms with van der Waals surface area (Å²) in [4.78, 5) is 20.0. The fraction of sp³-hybridized carbons (Fsp3) is 0. The first-order valence-corrected chi connectivity index (χ1v) is 5.80. The van der Waals surface area contributed by atoms with Gasteiger partial charge in [0.15, 0.2) is 0 Å². The lowest BCUT2D eigenvalue weighted by molar-refractivity contribution is 0.167. The van der Waals surface area contributed by atoms with Gasteiger partial charge in [-0.25, -0.2) is 4.79 Å². The summed E-state index contributed by atoms with van der Waals surface area (Å²) >= 11 is 5.73. The van der Waals surface area contributed by atoms with E-state index < -0.39 is 6.09 Å². The molecular weight excluding hydrogens is 266 g/mol. The summed E-state index contributed by atoms with van der Waals surface area (Å²) in [5.74, 6) is 0. The first kappa shape index (κ1) is 13.0. The number of halogens is 1. The molecule has 1 amide bonds. The van der Waals surface area contributed by atoms with E-state index in [1.165, 1.54) is 6.21 Å². The smallest absolute Gasteiger partial charge is 0.298 e. The maximum Gasteiger partial charge on any atom is 0.437 e. The Hall–Kier alpha value is -2.40. The fourth-order valence-corrected chi connectivity index (χ4v) is 1.38. The molecule has 1 aromatic heterocycles. The Kier molecular flexibility index (Phi) is 4.47. The number of nitrogens with one attached hydrogen (secondary N) is 1. The van der Waals surface area contributed by atoms with Gasteiger partial charge < -0.3 is 0 Å². The van der Waals surface area contributed by atoms with E-state index in [1.54, 1.807) is 42.6 Å². The third-order valence-electron chi connectivity index (χ3n) is 2.10. The van der Waals surface area contributed by atoms with Gasteiger partial charge in [0, 0.05) is 16.9 Å². The summed E-state index contributed by atoms with van der Waals surface area (Å²) in [7, 11) is 0. The molecule has 0 aliphatic carbocycles. The molecule has 0 aliphatic rings. The highest BCUT2D eigenvalue weighted by Gasteiger charge is 2.01. The van der Waals surface area contributed by atoms with E-state index in [2.05, 4.69) is 20.3 Å². The Morgan fingerprint density at radius 3 is 2.74 bits per heavy atom. The Morgan fingerprint density at radius 2 is 2.05 bits per heavy atom. The largest absolute Gasteiger partial charge is 0.437 e. The molecular formula is C13H10ClN3O2. The minimum absolute atomic E-state index is 0.572. The molecule has 0 bridgehead atoms. The van der Waals surface area contributed by atoms with Crippen molar-refractivity contribution in [2.24, 2.45) is 5.16 Å². The van der Waals surface area contributed by atoms with E-state index in [0.29, 0.717) is 16.4 Å². The normalized spacial score (nSPS) is 10.4. The summed E-state index contributed by atoms with van der Waals surface area (Å²) in [5.41, 5.74) is 1.17. The highest BCUT2D eigenvalue weighted by atomic mass is 35.5. The van der Waals surface area contributed by atoms with Crippen molar-refractivity contribution in [1.82, 2.24) is 4.98 Å². The monoisotopic (exact) mass is 275 g/mol. The Balaban J connectivity index is 1.85.